The molecule has 112 valence electrons. The molecule has 1 aliphatic rings. The molecule has 0 saturated heterocycles. The summed E-state index contributed by atoms with van der Waals surface area (Å²) in [5.41, 5.74) is 2.30. The van der Waals surface area contributed by atoms with Crippen LogP contribution in [0.15, 0.2) is 18.2 Å². The summed E-state index contributed by atoms with van der Waals surface area (Å²) in [6.45, 7) is 9.33. The summed E-state index contributed by atoms with van der Waals surface area (Å²) >= 11 is 0. The van der Waals surface area contributed by atoms with E-state index in [-0.39, 0.29) is 5.82 Å². The van der Waals surface area contributed by atoms with E-state index in [1.807, 2.05) is 6.07 Å². The molecule has 1 fully saturated rings. The Morgan fingerprint density at radius 1 is 1.35 bits per heavy atom. The van der Waals surface area contributed by atoms with Crippen molar-refractivity contribution >= 4 is 5.69 Å². The Kier molecular flexibility index (Phi) is 5.41. The number of anilines is 1. The molecule has 2 rings (SSSR count). The average Bonchev–Trinajstić information content (AvgIpc) is 3.22. The van der Waals surface area contributed by atoms with Crippen LogP contribution in [0.5, 0.6) is 0 Å². The molecule has 1 N–H and O–H groups in total. The summed E-state index contributed by atoms with van der Waals surface area (Å²) in [6, 6.07) is 5.90. The van der Waals surface area contributed by atoms with Gasteiger partial charge in [0.1, 0.15) is 5.82 Å². The minimum Gasteiger partial charge on any atom is -0.368 e. The predicted molar refractivity (Wildman–Crippen MR) is 83.6 cm³/mol. The van der Waals surface area contributed by atoms with Gasteiger partial charge in [-0.25, -0.2) is 4.39 Å². The number of benzene rings is 1. The van der Waals surface area contributed by atoms with Gasteiger partial charge in [-0.2, -0.15) is 0 Å². The fourth-order valence-corrected chi connectivity index (χ4v) is 2.52. The van der Waals surface area contributed by atoms with Crippen LogP contribution in [-0.4, -0.2) is 19.1 Å². The van der Waals surface area contributed by atoms with E-state index in [2.05, 4.69) is 31.0 Å². The Balaban J connectivity index is 2.17. The van der Waals surface area contributed by atoms with Crippen molar-refractivity contribution in [3.8, 4) is 0 Å². The Morgan fingerprint density at radius 2 is 2.10 bits per heavy atom. The van der Waals surface area contributed by atoms with Gasteiger partial charge in [-0.05, 0) is 55.5 Å². The molecule has 20 heavy (non-hydrogen) atoms. The molecule has 0 atom stereocenters. The molecule has 0 heterocycles. The van der Waals surface area contributed by atoms with E-state index in [0.29, 0.717) is 12.0 Å². The van der Waals surface area contributed by atoms with E-state index < -0.39 is 0 Å². The topological polar surface area (TPSA) is 15.3 Å². The highest BCUT2D eigenvalue weighted by Crippen LogP contribution is 2.34. The first-order valence-electron chi connectivity index (χ1n) is 7.87. The van der Waals surface area contributed by atoms with E-state index in [4.69, 9.17) is 0 Å². The fourth-order valence-electron chi connectivity index (χ4n) is 2.52. The zero-order valence-electron chi connectivity index (χ0n) is 13.0. The Labute approximate surface area is 122 Å². The van der Waals surface area contributed by atoms with E-state index >= 15 is 0 Å². The lowest BCUT2D eigenvalue weighted by atomic mass is 10.1. The van der Waals surface area contributed by atoms with E-state index in [9.17, 15) is 4.39 Å². The van der Waals surface area contributed by atoms with Gasteiger partial charge in [0.2, 0.25) is 0 Å². The highest BCUT2D eigenvalue weighted by molar-refractivity contribution is 5.55. The maximum absolute atomic E-state index is 13.5. The highest BCUT2D eigenvalue weighted by atomic mass is 19.1. The Morgan fingerprint density at radius 3 is 2.70 bits per heavy atom. The van der Waals surface area contributed by atoms with Crippen LogP contribution in [0.3, 0.4) is 0 Å². The average molecular weight is 278 g/mol. The van der Waals surface area contributed by atoms with Gasteiger partial charge in [-0.15, -0.1) is 0 Å². The van der Waals surface area contributed by atoms with Crippen LogP contribution in [0.25, 0.3) is 0 Å². The minimum absolute atomic E-state index is 0.138. The van der Waals surface area contributed by atoms with Gasteiger partial charge in [0.25, 0.3) is 0 Å². The van der Waals surface area contributed by atoms with E-state index in [1.165, 1.54) is 24.9 Å². The molecule has 1 aliphatic carbocycles. The first-order valence-corrected chi connectivity index (χ1v) is 7.87. The molecule has 1 saturated carbocycles. The van der Waals surface area contributed by atoms with Crippen LogP contribution in [0.1, 0.15) is 45.6 Å². The smallest absolute Gasteiger partial charge is 0.123 e. The quantitative estimate of drug-likeness (QED) is 0.774. The lowest BCUT2D eigenvalue weighted by molar-refractivity contribution is 0.568. The van der Waals surface area contributed by atoms with Crippen LogP contribution in [-0.2, 0) is 6.54 Å². The van der Waals surface area contributed by atoms with Crippen molar-refractivity contribution in [1.29, 1.82) is 0 Å². The number of hydrogen-bond donors (Lipinski definition) is 1. The molecule has 0 radical (unpaired) electrons. The highest BCUT2D eigenvalue weighted by Gasteiger charge is 2.30. The second-order valence-corrected chi connectivity index (χ2v) is 6.16. The van der Waals surface area contributed by atoms with Crippen molar-refractivity contribution in [3.63, 3.8) is 0 Å². The number of rotatable bonds is 8. The molecule has 0 amide bonds. The van der Waals surface area contributed by atoms with Gasteiger partial charge in [0.15, 0.2) is 0 Å². The maximum atomic E-state index is 13.5. The van der Waals surface area contributed by atoms with Crippen LogP contribution in [0, 0.1) is 11.7 Å². The van der Waals surface area contributed by atoms with Crippen molar-refractivity contribution in [2.45, 2.75) is 52.6 Å². The molecule has 0 aromatic heterocycles. The van der Waals surface area contributed by atoms with Crippen molar-refractivity contribution in [2.24, 2.45) is 5.92 Å². The SMILES string of the molecule is CCNCc1cc(F)ccc1N(CCC(C)C)C1CC1. The molecule has 1 aromatic rings. The third kappa shape index (κ3) is 4.20. The maximum Gasteiger partial charge on any atom is 0.123 e. The van der Waals surface area contributed by atoms with Gasteiger partial charge in [0, 0.05) is 24.8 Å². The summed E-state index contributed by atoms with van der Waals surface area (Å²) in [6.07, 6.45) is 3.74. The van der Waals surface area contributed by atoms with E-state index in [0.717, 1.165) is 25.2 Å². The van der Waals surface area contributed by atoms with Crippen molar-refractivity contribution in [3.05, 3.63) is 29.6 Å². The normalized spacial score (nSPS) is 14.8. The van der Waals surface area contributed by atoms with Crippen LogP contribution in [0.2, 0.25) is 0 Å². The summed E-state index contributed by atoms with van der Waals surface area (Å²) in [7, 11) is 0. The molecule has 0 aliphatic heterocycles. The first kappa shape index (κ1) is 15.3. The predicted octanol–water partition coefficient (Wildman–Crippen LogP) is 3.95. The summed E-state index contributed by atoms with van der Waals surface area (Å²) < 4.78 is 13.5. The lowest BCUT2D eigenvalue weighted by Gasteiger charge is -2.28. The lowest BCUT2D eigenvalue weighted by Crippen LogP contribution is -2.29. The summed E-state index contributed by atoms with van der Waals surface area (Å²) in [5.74, 6) is 0.565. The van der Waals surface area contributed by atoms with Gasteiger partial charge in [-0.3, -0.25) is 0 Å². The third-order valence-electron chi connectivity index (χ3n) is 3.85. The van der Waals surface area contributed by atoms with Crippen LogP contribution >= 0.6 is 0 Å². The molecule has 2 nitrogen and oxygen atoms in total. The van der Waals surface area contributed by atoms with Crippen molar-refractivity contribution in [1.82, 2.24) is 5.32 Å². The second-order valence-electron chi connectivity index (χ2n) is 6.16. The first-order chi connectivity index (χ1) is 9.61. The van der Waals surface area contributed by atoms with E-state index in [1.54, 1.807) is 12.1 Å². The molecular weight excluding hydrogens is 251 g/mol. The standard InChI is InChI=1S/C17H27FN2/c1-4-19-12-14-11-15(18)5-8-17(14)20(16-6-7-16)10-9-13(2)3/h5,8,11,13,16,19H,4,6-7,9-10,12H2,1-3H3. The van der Waals surface area contributed by atoms with Gasteiger partial charge in [0.05, 0.1) is 0 Å². The third-order valence-corrected chi connectivity index (χ3v) is 3.85. The van der Waals surface area contributed by atoms with Gasteiger partial charge in [-0.1, -0.05) is 20.8 Å². The Bertz CT molecular complexity index is 427. The van der Waals surface area contributed by atoms with Crippen molar-refractivity contribution < 1.29 is 4.39 Å². The number of halogens is 1. The molecular formula is C17H27FN2. The second kappa shape index (κ2) is 7.07. The van der Waals surface area contributed by atoms with Crippen LogP contribution in [0.4, 0.5) is 10.1 Å². The number of hydrogen-bond acceptors (Lipinski definition) is 2. The zero-order chi connectivity index (χ0) is 14.5. The summed E-state index contributed by atoms with van der Waals surface area (Å²) in [4.78, 5) is 2.49. The largest absolute Gasteiger partial charge is 0.368 e. The molecule has 3 heteroatoms. The number of nitrogens with zero attached hydrogens (tertiary/aromatic N) is 1. The van der Waals surface area contributed by atoms with Crippen LogP contribution < -0.4 is 10.2 Å². The number of nitrogens with one attached hydrogen (secondary N) is 1. The Hall–Kier alpha value is -1.09. The van der Waals surface area contributed by atoms with Gasteiger partial charge >= 0.3 is 0 Å². The fraction of sp³-hybridized carbons (Fsp3) is 0.647. The van der Waals surface area contributed by atoms with Gasteiger partial charge < -0.3 is 10.2 Å². The molecule has 0 bridgehead atoms. The monoisotopic (exact) mass is 278 g/mol. The zero-order valence-corrected chi connectivity index (χ0v) is 13.0. The van der Waals surface area contributed by atoms with Crippen molar-refractivity contribution in [2.75, 3.05) is 18.0 Å². The summed E-state index contributed by atoms with van der Waals surface area (Å²) in [5, 5.41) is 3.32. The molecule has 0 spiro atoms. The minimum atomic E-state index is -0.138. The molecule has 0 unspecified atom stereocenters. The molecule has 1 aromatic carbocycles.